The lowest BCUT2D eigenvalue weighted by Gasteiger charge is -2.10. The van der Waals surface area contributed by atoms with Crippen molar-refractivity contribution in [2.45, 2.75) is 53.4 Å². The van der Waals surface area contributed by atoms with Crippen molar-refractivity contribution in [1.82, 2.24) is 9.97 Å². The van der Waals surface area contributed by atoms with Crippen molar-refractivity contribution in [1.29, 1.82) is 0 Å². The van der Waals surface area contributed by atoms with Gasteiger partial charge >= 0.3 is 0 Å². The summed E-state index contributed by atoms with van der Waals surface area (Å²) in [6.45, 7) is 8.50. The number of benzene rings is 2. The van der Waals surface area contributed by atoms with Crippen LogP contribution in [0.2, 0.25) is 0 Å². The number of aryl methyl sites for hydroxylation is 2. The minimum Gasteiger partial charge on any atom is -0.490 e. The van der Waals surface area contributed by atoms with Crippen LogP contribution in [0.25, 0.3) is 22.5 Å². The molecule has 4 rings (SSSR count). The maximum atomic E-state index is 14.1. The molecule has 4 nitrogen and oxygen atoms in total. The molecule has 0 amide bonds. The summed E-state index contributed by atoms with van der Waals surface area (Å²) in [7, 11) is 0. The molecule has 0 N–H and O–H groups in total. The molecule has 8 heteroatoms. The third kappa shape index (κ3) is 8.04. The van der Waals surface area contributed by atoms with Crippen molar-refractivity contribution >= 4 is 0 Å². The molecule has 0 saturated carbocycles. The fourth-order valence-corrected chi connectivity index (χ4v) is 3.68. The first-order valence-electron chi connectivity index (χ1n) is 13.3. The Hall–Kier alpha value is -3.94. The highest BCUT2D eigenvalue weighted by Crippen LogP contribution is 2.30. The van der Waals surface area contributed by atoms with E-state index in [0.717, 1.165) is 36.8 Å². The van der Waals surface area contributed by atoms with Gasteiger partial charge in [-0.15, -0.1) is 0 Å². The Morgan fingerprint density at radius 2 is 1.02 bits per heavy atom. The summed E-state index contributed by atoms with van der Waals surface area (Å²) >= 11 is 0. The van der Waals surface area contributed by atoms with Crippen LogP contribution >= 0.6 is 0 Å². The highest BCUT2D eigenvalue weighted by molar-refractivity contribution is 5.62. The molecular formula is C32H34F4N2O2. The Balaban J connectivity index is 0.000000222. The first-order valence-corrected chi connectivity index (χ1v) is 13.3. The monoisotopic (exact) mass is 554 g/mol. The highest BCUT2D eigenvalue weighted by Gasteiger charge is 2.17. The van der Waals surface area contributed by atoms with Gasteiger partial charge in [-0.3, -0.25) is 9.97 Å². The van der Waals surface area contributed by atoms with Crippen molar-refractivity contribution in [3.8, 4) is 34.0 Å². The van der Waals surface area contributed by atoms with Gasteiger partial charge in [0.25, 0.3) is 0 Å². The van der Waals surface area contributed by atoms with Gasteiger partial charge in [-0.25, -0.2) is 8.78 Å². The maximum Gasteiger partial charge on any atom is 0.201 e. The zero-order chi connectivity index (χ0) is 29.1. The smallest absolute Gasteiger partial charge is 0.201 e. The number of nitrogens with zero attached hydrogens (tertiary/aromatic N) is 2. The molecule has 2 heterocycles. The minimum atomic E-state index is -0.965. The van der Waals surface area contributed by atoms with Crippen LogP contribution in [0.1, 0.15) is 50.7 Å². The molecule has 212 valence electrons. The summed E-state index contributed by atoms with van der Waals surface area (Å²) in [6.07, 6.45) is 6.88. The van der Waals surface area contributed by atoms with Crippen molar-refractivity contribution in [3.63, 3.8) is 0 Å². The molecule has 0 aliphatic carbocycles. The van der Waals surface area contributed by atoms with Gasteiger partial charge < -0.3 is 9.47 Å². The molecule has 0 aliphatic rings. The second-order valence-electron chi connectivity index (χ2n) is 9.32. The number of halogens is 4. The third-order valence-electron chi connectivity index (χ3n) is 5.94. The lowest BCUT2D eigenvalue weighted by molar-refractivity contribution is 0.286. The minimum absolute atomic E-state index is 0.0422. The fraction of sp³-hybridized carbons (Fsp3) is 0.312. The number of ether oxygens (including phenoxy) is 2. The van der Waals surface area contributed by atoms with Crippen molar-refractivity contribution < 1.29 is 27.0 Å². The van der Waals surface area contributed by atoms with Gasteiger partial charge in [-0.1, -0.05) is 38.8 Å². The van der Waals surface area contributed by atoms with Crippen LogP contribution in [-0.4, -0.2) is 23.2 Å². The van der Waals surface area contributed by atoms with Crippen molar-refractivity contribution in [2.75, 3.05) is 13.2 Å². The van der Waals surface area contributed by atoms with Crippen LogP contribution in [0.15, 0.2) is 60.9 Å². The maximum absolute atomic E-state index is 14.1. The van der Waals surface area contributed by atoms with Gasteiger partial charge in [0.1, 0.15) is 0 Å². The average Bonchev–Trinajstić information content (AvgIpc) is 2.96. The van der Waals surface area contributed by atoms with Crippen LogP contribution in [0, 0.1) is 37.1 Å². The van der Waals surface area contributed by atoms with Gasteiger partial charge in [0, 0.05) is 23.5 Å². The summed E-state index contributed by atoms with van der Waals surface area (Å²) in [5, 5.41) is 0. The van der Waals surface area contributed by atoms with E-state index in [2.05, 4.69) is 16.9 Å². The summed E-state index contributed by atoms with van der Waals surface area (Å²) < 4.78 is 66.4. The number of aromatic nitrogens is 2. The summed E-state index contributed by atoms with van der Waals surface area (Å²) in [5.41, 5.74) is 3.04. The molecule has 2 aromatic heterocycles. The third-order valence-corrected chi connectivity index (χ3v) is 5.94. The van der Waals surface area contributed by atoms with E-state index in [9.17, 15) is 17.6 Å². The van der Waals surface area contributed by atoms with E-state index in [-0.39, 0.29) is 22.6 Å². The summed E-state index contributed by atoms with van der Waals surface area (Å²) in [6, 6.07) is 12.9. The Bertz CT molecular complexity index is 1380. The van der Waals surface area contributed by atoms with Gasteiger partial charge in [-0.05, 0) is 74.2 Å². The largest absolute Gasteiger partial charge is 0.490 e. The molecule has 0 spiro atoms. The van der Waals surface area contributed by atoms with Gasteiger partial charge in [0.2, 0.25) is 11.6 Å². The van der Waals surface area contributed by atoms with E-state index >= 15 is 0 Å². The average molecular weight is 555 g/mol. The van der Waals surface area contributed by atoms with E-state index in [0.29, 0.717) is 24.6 Å². The van der Waals surface area contributed by atoms with E-state index in [4.69, 9.17) is 9.47 Å². The molecule has 0 radical (unpaired) electrons. The Kier molecular flexibility index (Phi) is 11.5. The molecule has 0 fully saturated rings. The molecule has 40 heavy (non-hydrogen) atoms. The zero-order valence-corrected chi connectivity index (χ0v) is 23.2. The molecule has 0 unspecified atom stereocenters. The first kappa shape index (κ1) is 30.6. The van der Waals surface area contributed by atoms with Crippen LogP contribution in [0.3, 0.4) is 0 Å². The molecular weight excluding hydrogens is 520 g/mol. The van der Waals surface area contributed by atoms with Gasteiger partial charge in [0.05, 0.1) is 24.6 Å². The Labute approximate surface area is 233 Å². The second kappa shape index (κ2) is 15.0. The lowest BCUT2D eigenvalue weighted by Crippen LogP contribution is -2.02. The van der Waals surface area contributed by atoms with Gasteiger partial charge in [-0.2, -0.15) is 8.78 Å². The van der Waals surface area contributed by atoms with Crippen molar-refractivity contribution in [3.05, 3.63) is 95.3 Å². The first-order chi connectivity index (χ1) is 19.3. The predicted molar refractivity (Wildman–Crippen MR) is 149 cm³/mol. The number of hydrogen-bond donors (Lipinski definition) is 0. The number of pyridine rings is 2. The van der Waals surface area contributed by atoms with Crippen LogP contribution in [-0.2, 0) is 0 Å². The molecule has 0 atom stereocenters. The van der Waals surface area contributed by atoms with E-state index in [1.807, 2.05) is 26.8 Å². The molecule has 4 aromatic rings. The Morgan fingerprint density at radius 1 is 0.550 bits per heavy atom. The lowest BCUT2D eigenvalue weighted by atomic mass is 10.1. The molecule has 2 aromatic carbocycles. The van der Waals surface area contributed by atoms with E-state index in [1.165, 1.54) is 24.3 Å². The Morgan fingerprint density at radius 3 is 1.43 bits per heavy atom. The second-order valence-corrected chi connectivity index (χ2v) is 9.32. The highest BCUT2D eigenvalue weighted by atomic mass is 19.2. The molecule has 0 aliphatic heterocycles. The van der Waals surface area contributed by atoms with Gasteiger partial charge in [0.15, 0.2) is 23.1 Å². The predicted octanol–water partition coefficient (Wildman–Crippen LogP) is 9.03. The molecule has 0 saturated heterocycles. The summed E-state index contributed by atoms with van der Waals surface area (Å²) in [5.74, 6) is -3.86. The standard InChI is InChI=1S/C17H19F2NO.C15H15F2NO/c1-3-4-5-10-21-15-9-7-13(16(18)17(15)19)14-8-6-12(2)11-20-14;1-3-8-19-13-7-5-11(14(16)15(13)17)12-6-4-10(2)9-18-12/h6-9,11H,3-5,10H2,1-2H3;4-7,9H,3,8H2,1-2H3. The van der Waals surface area contributed by atoms with Crippen LogP contribution in [0.4, 0.5) is 17.6 Å². The number of hydrogen-bond acceptors (Lipinski definition) is 4. The topological polar surface area (TPSA) is 44.2 Å². The number of unbranched alkanes of at least 4 members (excludes halogenated alkanes) is 2. The van der Waals surface area contributed by atoms with Crippen molar-refractivity contribution in [2.24, 2.45) is 0 Å². The molecule has 0 bridgehead atoms. The summed E-state index contributed by atoms with van der Waals surface area (Å²) in [4.78, 5) is 8.21. The van der Waals surface area contributed by atoms with E-state index in [1.54, 1.807) is 30.6 Å². The van der Waals surface area contributed by atoms with Crippen LogP contribution in [0.5, 0.6) is 11.5 Å². The quantitative estimate of drug-likeness (QED) is 0.145. The SMILES string of the molecule is CCCCCOc1ccc(-c2ccc(C)cn2)c(F)c1F.CCCOc1ccc(-c2ccc(C)cn2)c(F)c1F. The number of rotatable bonds is 10. The van der Waals surface area contributed by atoms with Crippen LogP contribution < -0.4 is 9.47 Å². The fourth-order valence-electron chi connectivity index (χ4n) is 3.68. The van der Waals surface area contributed by atoms with E-state index < -0.39 is 23.3 Å². The zero-order valence-electron chi connectivity index (χ0n) is 23.2. The normalized spacial score (nSPS) is 10.6.